The van der Waals surface area contributed by atoms with Crippen LogP contribution in [0.3, 0.4) is 0 Å². The molecular weight excluding hydrogens is 314 g/mol. The van der Waals surface area contributed by atoms with Crippen LogP contribution in [0.25, 0.3) is 11.4 Å². The molecule has 0 saturated carbocycles. The van der Waals surface area contributed by atoms with E-state index < -0.39 is 0 Å². The molecule has 2 aromatic rings. The van der Waals surface area contributed by atoms with E-state index in [4.69, 9.17) is 16.0 Å². The minimum atomic E-state index is 0.00183. The maximum absolute atomic E-state index is 5.30. The SMILES string of the molecule is CC(C)(C)CC(C)(C)Cc1ccc(-c2noc(CN=C(N)N)n2)cc1. The van der Waals surface area contributed by atoms with Gasteiger partial charge in [-0.25, -0.2) is 4.99 Å². The van der Waals surface area contributed by atoms with Crippen molar-refractivity contribution in [2.75, 3.05) is 0 Å². The highest BCUT2D eigenvalue weighted by Crippen LogP contribution is 2.36. The summed E-state index contributed by atoms with van der Waals surface area (Å²) in [4.78, 5) is 8.17. The lowest BCUT2D eigenvalue weighted by Gasteiger charge is -2.32. The lowest BCUT2D eigenvalue weighted by Crippen LogP contribution is -2.23. The van der Waals surface area contributed by atoms with E-state index in [2.05, 4.69) is 61.9 Å². The summed E-state index contributed by atoms with van der Waals surface area (Å²) in [5.74, 6) is 0.932. The normalized spacial score (nSPS) is 12.2. The number of hydrogen-bond donors (Lipinski definition) is 2. The van der Waals surface area contributed by atoms with Crippen molar-refractivity contribution >= 4 is 5.96 Å². The Bertz CT molecular complexity index is 719. The first kappa shape index (κ1) is 19.0. The zero-order valence-electron chi connectivity index (χ0n) is 15.8. The van der Waals surface area contributed by atoms with Gasteiger partial charge in [0.25, 0.3) is 0 Å². The second-order valence-electron chi connectivity index (χ2n) is 8.53. The molecule has 2 rings (SSSR count). The van der Waals surface area contributed by atoms with Gasteiger partial charge in [0.2, 0.25) is 11.7 Å². The minimum absolute atomic E-state index is 0.00183. The molecule has 6 nitrogen and oxygen atoms in total. The Hall–Kier alpha value is -2.37. The van der Waals surface area contributed by atoms with Crippen LogP contribution >= 0.6 is 0 Å². The molecule has 0 aliphatic rings. The Morgan fingerprint density at radius 1 is 1.08 bits per heavy atom. The molecule has 1 aromatic carbocycles. The average molecular weight is 343 g/mol. The summed E-state index contributed by atoms with van der Waals surface area (Å²) in [6.45, 7) is 11.7. The molecule has 0 radical (unpaired) electrons. The van der Waals surface area contributed by atoms with Gasteiger partial charge in [-0.1, -0.05) is 64.0 Å². The zero-order valence-corrected chi connectivity index (χ0v) is 15.8. The van der Waals surface area contributed by atoms with E-state index in [-0.39, 0.29) is 17.9 Å². The van der Waals surface area contributed by atoms with Crippen molar-refractivity contribution in [1.82, 2.24) is 10.1 Å². The predicted molar refractivity (Wildman–Crippen MR) is 101 cm³/mol. The van der Waals surface area contributed by atoms with E-state index in [1.807, 2.05) is 12.1 Å². The van der Waals surface area contributed by atoms with Crippen molar-refractivity contribution in [3.8, 4) is 11.4 Å². The number of aromatic nitrogens is 2. The summed E-state index contributed by atoms with van der Waals surface area (Å²) in [6.07, 6.45) is 2.20. The van der Waals surface area contributed by atoms with E-state index in [1.54, 1.807) is 0 Å². The molecule has 0 unspecified atom stereocenters. The molecule has 0 spiro atoms. The fourth-order valence-electron chi connectivity index (χ4n) is 3.42. The monoisotopic (exact) mass is 343 g/mol. The summed E-state index contributed by atoms with van der Waals surface area (Å²) in [5.41, 5.74) is 13.4. The Kier molecular flexibility index (Phi) is 5.50. The van der Waals surface area contributed by atoms with Crippen LogP contribution < -0.4 is 11.5 Å². The number of nitrogens with two attached hydrogens (primary N) is 2. The van der Waals surface area contributed by atoms with Crippen LogP contribution in [0, 0.1) is 10.8 Å². The Labute approximate surface area is 149 Å². The quantitative estimate of drug-likeness (QED) is 0.617. The molecule has 1 heterocycles. The minimum Gasteiger partial charge on any atom is -0.370 e. The lowest BCUT2D eigenvalue weighted by atomic mass is 9.73. The Balaban J connectivity index is 2.06. The average Bonchev–Trinajstić information content (AvgIpc) is 2.91. The summed E-state index contributed by atoms with van der Waals surface area (Å²) >= 11 is 0. The summed E-state index contributed by atoms with van der Waals surface area (Å²) < 4.78 is 5.16. The molecule has 0 fully saturated rings. The van der Waals surface area contributed by atoms with Crippen LogP contribution in [0.1, 0.15) is 52.5 Å². The summed E-state index contributed by atoms with van der Waals surface area (Å²) in [7, 11) is 0. The standard InChI is InChI=1S/C19H29N5O/c1-18(2,3)12-19(4,5)10-13-6-8-14(9-7-13)16-23-15(25-24-16)11-22-17(20)21/h6-9H,10-12H2,1-5H3,(H4,20,21,22). The van der Waals surface area contributed by atoms with Crippen molar-refractivity contribution in [3.63, 3.8) is 0 Å². The highest BCUT2D eigenvalue weighted by atomic mass is 16.5. The topological polar surface area (TPSA) is 103 Å². The molecule has 4 N–H and O–H groups in total. The van der Waals surface area contributed by atoms with E-state index in [9.17, 15) is 0 Å². The van der Waals surface area contributed by atoms with Crippen LogP contribution in [-0.4, -0.2) is 16.1 Å². The third-order valence-electron chi connectivity index (χ3n) is 3.77. The summed E-state index contributed by atoms with van der Waals surface area (Å²) in [5, 5.41) is 3.98. The second kappa shape index (κ2) is 7.25. The van der Waals surface area contributed by atoms with Gasteiger partial charge in [-0.3, -0.25) is 0 Å². The molecule has 6 heteroatoms. The van der Waals surface area contributed by atoms with E-state index >= 15 is 0 Å². The van der Waals surface area contributed by atoms with E-state index in [1.165, 1.54) is 12.0 Å². The predicted octanol–water partition coefficient (Wildman–Crippen LogP) is 3.51. The molecule has 25 heavy (non-hydrogen) atoms. The fraction of sp³-hybridized carbons (Fsp3) is 0.526. The van der Waals surface area contributed by atoms with Gasteiger partial charge in [0, 0.05) is 5.56 Å². The van der Waals surface area contributed by atoms with Crippen LogP contribution in [-0.2, 0) is 13.0 Å². The molecule has 0 aliphatic heterocycles. The third kappa shape index (κ3) is 6.21. The fourth-order valence-corrected chi connectivity index (χ4v) is 3.42. The molecule has 0 aliphatic carbocycles. The van der Waals surface area contributed by atoms with Crippen molar-refractivity contribution in [2.45, 2.75) is 54.0 Å². The van der Waals surface area contributed by atoms with Gasteiger partial charge in [-0.05, 0) is 29.2 Å². The maximum atomic E-state index is 5.30. The smallest absolute Gasteiger partial charge is 0.248 e. The van der Waals surface area contributed by atoms with Crippen LogP contribution in [0.2, 0.25) is 0 Å². The Morgan fingerprint density at radius 3 is 2.28 bits per heavy atom. The molecule has 136 valence electrons. The molecule has 0 bridgehead atoms. The Morgan fingerprint density at radius 2 is 1.72 bits per heavy atom. The third-order valence-corrected chi connectivity index (χ3v) is 3.77. The maximum Gasteiger partial charge on any atom is 0.248 e. The number of rotatable bonds is 6. The highest BCUT2D eigenvalue weighted by Gasteiger charge is 2.25. The van der Waals surface area contributed by atoms with Crippen LogP contribution in [0.15, 0.2) is 33.8 Å². The number of aliphatic imine (C=N–C) groups is 1. The highest BCUT2D eigenvalue weighted by molar-refractivity contribution is 5.75. The number of benzene rings is 1. The van der Waals surface area contributed by atoms with Gasteiger partial charge in [-0.15, -0.1) is 0 Å². The molecule has 0 saturated heterocycles. The van der Waals surface area contributed by atoms with Gasteiger partial charge in [0.15, 0.2) is 5.96 Å². The number of guanidine groups is 1. The largest absolute Gasteiger partial charge is 0.370 e. The first-order valence-corrected chi connectivity index (χ1v) is 8.51. The molecular formula is C19H29N5O. The lowest BCUT2D eigenvalue weighted by molar-refractivity contribution is 0.211. The molecule has 0 amide bonds. The van der Waals surface area contributed by atoms with Crippen molar-refractivity contribution < 1.29 is 4.52 Å². The van der Waals surface area contributed by atoms with Crippen LogP contribution in [0.5, 0.6) is 0 Å². The van der Waals surface area contributed by atoms with Gasteiger partial charge < -0.3 is 16.0 Å². The van der Waals surface area contributed by atoms with Crippen molar-refractivity contribution in [1.29, 1.82) is 0 Å². The first-order chi connectivity index (χ1) is 11.5. The number of nitrogens with zero attached hydrogens (tertiary/aromatic N) is 3. The van der Waals surface area contributed by atoms with Gasteiger partial charge >= 0.3 is 0 Å². The van der Waals surface area contributed by atoms with Gasteiger partial charge in [0.1, 0.15) is 6.54 Å². The van der Waals surface area contributed by atoms with Crippen LogP contribution in [0.4, 0.5) is 0 Å². The molecule has 1 aromatic heterocycles. The van der Waals surface area contributed by atoms with Crippen molar-refractivity contribution in [3.05, 3.63) is 35.7 Å². The summed E-state index contributed by atoms with van der Waals surface area (Å²) in [6, 6.07) is 8.31. The second-order valence-corrected chi connectivity index (χ2v) is 8.53. The van der Waals surface area contributed by atoms with Gasteiger partial charge in [-0.2, -0.15) is 4.98 Å². The van der Waals surface area contributed by atoms with E-state index in [0.29, 0.717) is 17.1 Å². The first-order valence-electron chi connectivity index (χ1n) is 8.51. The van der Waals surface area contributed by atoms with Gasteiger partial charge in [0.05, 0.1) is 0 Å². The number of hydrogen-bond acceptors (Lipinski definition) is 4. The van der Waals surface area contributed by atoms with E-state index in [0.717, 1.165) is 12.0 Å². The van der Waals surface area contributed by atoms with Crippen molar-refractivity contribution in [2.24, 2.45) is 27.3 Å². The zero-order chi connectivity index (χ0) is 18.7. The molecule has 0 atom stereocenters.